The highest BCUT2D eigenvalue weighted by molar-refractivity contribution is 7.92. The molecule has 0 saturated carbocycles. The molecule has 1 amide bonds. The number of aromatic nitrogens is 2. The third-order valence-electron chi connectivity index (χ3n) is 5.66. The number of hydroxylamine groups is 1. The Kier molecular flexibility index (Phi) is 8.93. The van der Waals surface area contributed by atoms with E-state index in [9.17, 15) is 18.0 Å². The van der Waals surface area contributed by atoms with Crippen LogP contribution in [0.15, 0.2) is 48.7 Å². The summed E-state index contributed by atoms with van der Waals surface area (Å²) in [6.45, 7) is 5.72. The fourth-order valence-corrected chi connectivity index (χ4v) is 4.89. The Labute approximate surface area is 217 Å². The van der Waals surface area contributed by atoms with Gasteiger partial charge in [0.25, 0.3) is 0 Å². The first kappa shape index (κ1) is 28.1. The number of hydrogen-bond acceptors (Lipinski definition) is 7. The summed E-state index contributed by atoms with van der Waals surface area (Å²) < 4.78 is 32.9. The summed E-state index contributed by atoms with van der Waals surface area (Å²) in [7, 11) is -3.47. The highest BCUT2D eigenvalue weighted by Crippen LogP contribution is 2.28. The molecule has 37 heavy (non-hydrogen) atoms. The molecule has 0 bridgehead atoms. The van der Waals surface area contributed by atoms with Gasteiger partial charge in [-0.2, -0.15) is 9.78 Å². The fraction of sp³-hybridized carbons (Fsp3) is 0.423. The molecule has 0 aliphatic heterocycles. The number of nitrogens with one attached hydrogen (secondary N) is 1. The van der Waals surface area contributed by atoms with Gasteiger partial charge < -0.3 is 4.74 Å². The maximum atomic E-state index is 12.4. The lowest BCUT2D eigenvalue weighted by molar-refractivity contribution is -0.129. The van der Waals surface area contributed by atoms with Gasteiger partial charge in [-0.25, -0.2) is 18.7 Å². The molecule has 0 fully saturated rings. The number of rotatable bonds is 10. The first-order valence-electron chi connectivity index (χ1n) is 12.1. The number of hydrogen-bond donors (Lipinski definition) is 2. The molecule has 3 rings (SSSR count). The van der Waals surface area contributed by atoms with Gasteiger partial charge in [-0.1, -0.05) is 31.0 Å². The van der Waals surface area contributed by atoms with E-state index in [1.807, 2.05) is 30.3 Å². The van der Waals surface area contributed by atoms with Crippen molar-refractivity contribution in [3.8, 4) is 11.1 Å². The lowest BCUT2D eigenvalue weighted by Gasteiger charge is -2.22. The molecular formula is C26H34N4O6S. The lowest BCUT2D eigenvalue weighted by atomic mass is 10.0. The van der Waals surface area contributed by atoms with Crippen LogP contribution in [0.2, 0.25) is 0 Å². The smallest absolute Gasteiger partial charge is 0.435 e. The van der Waals surface area contributed by atoms with Crippen LogP contribution < -0.4 is 9.79 Å². The largest absolute Gasteiger partial charge is 0.442 e. The highest BCUT2D eigenvalue weighted by Gasteiger charge is 2.20. The number of sulfonamides is 1. The van der Waals surface area contributed by atoms with E-state index in [2.05, 4.69) is 5.10 Å². The van der Waals surface area contributed by atoms with Gasteiger partial charge in [0, 0.05) is 18.4 Å². The van der Waals surface area contributed by atoms with E-state index < -0.39 is 27.6 Å². The molecule has 0 unspecified atom stereocenters. The second-order valence-corrected chi connectivity index (χ2v) is 11.8. The number of carbonyl (C=O) groups excluding carboxylic acids is 2. The van der Waals surface area contributed by atoms with Crippen LogP contribution in [0.5, 0.6) is 0 Å². The van der Waals surface area contributed by atoms with Crippen LogP contribution in [0, 0.1) is 0 Å². The quantitative estimate of drug-likeness (QED) is 0.220. The predicted octanol–water partition coefficient (Wildman–Crippen LogP) is 4.71. The van der Waals surface area contributed by atoms with Gasteiger partial charge in [-0.15, -0.1) is 0 Å². The van der Waals surface area contributed by atoms with Crippen molar-refractivity contribution in [3.05, 3.63) is 48.7 Å². The van der Waals surface area contributed by atoms with E-state index >= 15 is 0 Å². The predicted molar refractivity (Wildman–Crippen MR) is 142 cm³/mol. The summed E-state index contributed by atoms with van der Waals surface area (Å²) in [5, 5.41) is 13.5. The summed E-state index contributed by atoms with van der Waals surface area (Å²) in [6, 6.07) is 12.9. The summed E-state index contributed by atoms with van der Waals surface area (Å²) >= 11 is 0. The van der Waals surface area contributed by atoms with Crippen molar-refractivity contribution in [2.45, 2.75) is 58.5 Å². The normalized spacial score (nSPS) is 11.9. The average molecular weight is 531 g/mol. The zero-order chi connectivity index (χ0) is 27.2. The molecule has 11 heteroatoms. The number of anilines is 1. The van der Waals surface area contributed by atoms with Crippen LogP contribution in [0.1, 0.15) is 52.9 Å². The number of nitrogens with zero attached hydrogens (tertiary/aromatic N) is 3. The van der Waals surface area contributed by atoms with Crippen molar-refractivity contribution >= 4 is 38.6 Å². The van der Waals surface area contributed by atoms with E-state index in [-0.39, 0.29) is 6.42 Å². The number of benzene rings is 2. The molecule has 0 radical (unpaired) electrons. The number of ether oxygens (including phenoxy) is 1. The minimum absolute atomic E-state index is 0.237. The zero-order valence-corrected chi connectivity index (χ0v) is 22.4. The number of amides is 1. The van der Waals surface area contributed by atoms with Crippen molar-refractivity contribution < 1.29 is 28.0 Å². The van der Waals surface area contributed by atoms with E-state index in [4.69, 9.17) is 9.94 Å². The van der Waals surface area contributed by atoms with Gasteiger partial charge in [-0.05, 0) is 69.0 Å². The molecule has 0 atom stereocenters. The Hall–Kier alpha value is -3.44. The maximum Gasteiger partial charge on any atom is 0.435 e. The average Bonchev–Trinajstić information content (AvgIpc) is 3.25. The Morgan fingerprint density at radius 2 is 1.68 bits per heavy atom. The summed E-state index contributed by atoms with van der Waals surface area (Å²) in [4.78, 5) is 23.5. The third kappa shape index (κ3) is 7.77. The third-order valence-corrected chi connectivity index (χ3v) is 6.86. The van der Waals surface area contributed by atoms with Gasteiger partial charge in [0.15, 0.2) is 0 Å². The van der Waals surface area contributed by atoms with E-state index in [0.717, 1.165) is 29.4 Å². The molecule has 0 spiro atoms. The van der Waals surface area contributed by atoms with Gasteiger partial charge in [0.05, 0.1) is 23.7 Å². The molecule has 0 aliphatic carbocycles. The molecule has 3 aromatic rings. The molecule has 2 N–H and O–H groups in total. The van der Waals surface area contributed by atoms with Crippen LogP contribution in [-0.4, -0.2) is 53.8 Å². The highest BCUT2D eigenvalue weighted by atomic mass is 32.2. The SMILES string of the molecule is CC(C)(C)OC(=O)n1ncc2cc(-c3ccc(N(CCCCCCC(=O)NO)S(C)(=O)=O)cc3)ccc21. The van der Waals surface area contributed by atoms with Gasteiger partial charge >= 0.3 is 6.09 Å². The van der Waals surface area contributed by atoms with E-state index in [0.29, 0.717) is 30.6 Å². The molecule has 1 heterocycles. The zero-order valence-electron chi connectivity index (χ0n) is 21.6. The summed E-state index contributed by atoms with van der Waals surface area (Å²) in [5.74, 6) is -0.422. The fourth-order valence-electron chi connectivity index (χ4n) is 3.92. The van der Waals surface area contributed by atoms with Crippen molar-refractivity contribution in [1.29, 1.82) is 0 Å². The van der Waals surface area contributed by atoms with Gasteiger partial charge in [0.1, 0.15) is 5.60 Å². The Bertz CT molecular complexity index is 1340. The molecular weight excluding hydrogens is 496 g/mol. The first-order chi connectivity index (χ1) is 17.4. The van der Waals surface area contributed by atoms with Gasteiger partial charge in [-0.3, -0.25) is 14.3 Å². The number of fused-ring (bicyclic) bond motifs is 1. The van der Waals surface area contributed by atoms with Crippen molar-refractivity contribution in [3.63, 3.8) is 0 Å². The monoisotopic (exact) mass is 530 g/mol. The van der Waals surface area contributed by atoms with Crippen LogP contribution in [0.4, 0.5) is 10.5 Å². The minimum atomic E-state index is -3.47. The summed E-state index contributed by atoms with van der Waals surface area (Å²) in [5.41, 5.74) is 3.98. The standard InChI is InChI=1S/C26H34N4O6S/c1-26(2,3)36-25(32)30-23-15-12-20(17-21(23)18-27-30)19-10-13-22(14-11-19)29(37(4,34)35)16-8-6-5-7-9-24(31)28-33/h10-15,17-18,33H,5-9,16H2,1-4H3,(H,28,31). The first-order valence-corrected chi connectivity index (χ1v) is 14.0. The van der Waals surface area contributed by atoms with Crippen molar-refractivity contribution in [1.82, 2.24) is 15.3 Å². The molecule has 10 nitrogen and oxygen atoms in total. The van der Waals surface area contributed by atoms with Crippen molar-refractivity contribution in [2.24, 2.45) is 0 Å². The van der Waals surface area contributed by atoms with E-state index in [1.165, 1.54) is 15.2 Å². The second kappa shape index (κ2) is 11.7. The molecule has 2 aromatic carbocycles. The van der Waals surface area contributed by atoms with Crippen LogP contribution in [0.25, 0.3) is 22.0 Å². The second-order valence-electron chi connectivity index (χ2n) is 9.89. The van der Waals surface area contributed by atoms with Crippen LogP contribution in [0.3, 0.4) is 0 Å². The topological polar surface area (TPSA) is 131 Å². The minimum Gasteiger partial charge on any atom is -0.442 e. The van der Waals surface area contributed by atoms with Crippen LogP contribution in [-0.2, 0) is 19.6 Å². The molecule has 0 saturated heterocycles. The molecule has 200 valence electrons. The number of carbonyl (C=O) groups is 2. The van der Waals surface area contributed by atoms with Crippen molar-refractivity contribution in [2.75, 3.05) is 17.1 Å². The van der Waals surface area contributed by atoms with Crippen LogP contribution >= 0.6 is 0 Å². The summed E-state index contributed by atoms with van der Waals surface area (Å²) in [6.07, 6.45) is 5.28. The molecule has 1 aromatic heterocycles. The lowest BCUT2D eigenvalue weighted by Crippen LogP contribution is -2.30. The Balaban J connectivity index is 1.70. The number of unbranched alkanes of at least 4 members (excludes halogenated alkanes) is 3. The molecule has 0 aliphatic rings. The Morgan fingerprint density at radius 1 is 1.03 bits per heavy atom. The van der Waals surface area contributed by atoms with Gasteiger partial charge in [0.2, 0.25) is 15.9 Å². The maximum absolute atomic E-state index is 12.4. The van der Waals surface area contributed by atoms with E-state index in [1.54, 1.807) is 44.6 Å². The Morgan fingerprint density at radius 3 is 2.30 bits per heavy atom.